The molecule has 0 aromatic heterocycles. The average molecular weight is 342 g/mol. The molecule has 24 heavy (non-hydrogen) atoms. The smallest absolute Gasteiger partial charge is 0.432 e. The molecule has 4 nitrogen and oxygen atoms in total. The summed E-state index contributed by atoms with van der Waals surface area (Å²) < 4.78 is 50.9. The number of rotatable bonds is 4. The number of methoxy groups -OCH3 is 1. The van der Waals surface area contributed by atoms with Crippen molar-refractivity contribution >= 4 is 11.8 Å². The van der Waals surface area contributed by atoms with Crippen LogP contribution in [-0.2, 0) is 24.7 Å². The van der Waals surface area contributed by atoms with Crippen molar-refractivity contribution in [2.75, 3.05) is 7.11 Å². The second-order valence-corrected chi connectivity index (χ2v) is 5.63. The van der Waals surface area contributed by atoms with Crippen LogP contribution in [0.5, 0.6) is 0 Å². The predicted octanol–water partition coefficient (Wildman–Crippen LogP) is 3.17. The third kappa shape index (κ3) is 3.21. The van der Waals surface area contributed by atoms with E-state index in [0.29, 0.717) is 0 Å². The molecule has 0 unspecified atom stereocenters. The van der Waals surface area contributed by atoms with E-state index in [2.05, 4.69) is 4.74 Å². The Hall–Kier alpha value is -2.15. The molecule has 1 aliphatic carbocycles. The van der Waals surface area contributed by atoms with E-state index in [1.54, 1.807) is 6.92 Å². The maximum atomic E-state index is 13.7. The average Bonchev–Trinajstić information content (AvgIpc) is 2.51. The van der Waals surface area contributed by atoms with E-state index in [1.165, 1.54) is 30.4 Å². The number of carbonyl (C=O) groups excluding carboxylic acids is 2. The fourth-order valence-electron chi connectivity index (χ4n) is 2.64. The van der Waals surface area contributed by atoms with Crippen LogP contribution in [0.15, 0.2) is 42.5 Å². The highest BCUT2D eigenvalue weighted by Crippen LogP contribution is 2.43. The molecule has 0 spiro atoms. The lowest BCUT2D eigenvalue weighted by Gasteiger charge is -2.34. The summed E-state index contributed by atoms with van der Waals surface area (Å²) >= 11 is 0. The van der Waals surface area contributed by atoms with Crippen LogP contribution in [0.3, 0.4) is 0 Å². The molecule has 1 aromatic rings. The molecular weight excluding hydrogens is 325 g/mol. The number of carbonyl (C=O) groups is 2. The van der Waals surface area contributed by atoms with Gasteiger partial charge in [-0.2, -0.15) is 13.2 Å². The van der Waals surface area contributed by atoms with Gasteiger partial charge in [0, 0.05) is 25.0 Å². The van der Waals surface area contributed by atoms with Gasteiger partial charge < -0.3 is 9.47 Å². The summed E-state index contributed by atoms with van der Waals surface area (Å²) in [4.78, 5) is 23.8. The SMILES string of the molecule is CO[C@](C(=O)O[C@H]1C=CC(=O)C[C@H]1C)(c1ccccc1)C(F)(F)F. The summed E-state index contributed by atoms with van der Waals surface area (Å²) in [6, 6.07) is 6.60. The Kier molecular flexibility index (Phi) is 5.13. The minimum Gasteiger partial charge on any atom is -0.455 e. The molecule has 7 heteroatoms. The van der Waals surface area contributed by atoms with Crippen molar-refractivity contribution in [3.05, 3.63) is 48.0 Å². The van der Waals surface area contributed by atoms with Crippen LogP contribution < -0.4 is 0 Å². The summed E-state index contributed by atoms with van der Waals surface area (Å²) in [7, 11) is 0.811. The summed E-state index contributed by atoms with van der Waals surface area (Å²) in [6.45, 7) is 1.63. The van der Waals surface area contributed by atoms with Gasteiger partial charge in [0.15, 0.2) is 5.78 Å². The molecule has 0 aliphatic heterocycles. The zero-order chi connectivity index (χ0) is 18.0. The highest BCUT2D eigenvalue weighted by atomic mass is 19.4. The summed E-state index contributed by atoms with van der Waals surface area (Å²) in [5, 5.41) is 0. The first kappa shape index (κ1) is 18.2. The third-order valence-electron chi connectivity index (χ3n) is 3.97. The number of ketones is 1. The van der Waals surface area contributed by atoms with E-state index in [9.17, 15) is 22.8 Å². The highest BCUT2D eigenvalue weighted by molar-refractivity contribution is 5.91. The van der Waals surface area contributed by atoms with Gasteiger partial charge in [-0.1, -0.05) is 37.3 Å². The topological polar surface area (TPSA) is 52.6 Å². The summed E-state index contributed by atoms with van der Waals surface area (Å²) in [6.07, 6.45) is -3.32. The minimum atomic E-state index is -5.02. The molecule has 130 valence electrons. The van der Waals surface area contributed by atoms with E-state index < -0.39 is 29.8 Å². The van der Waals surface area contributed by atoms with Gasteiger partial charge in [0.2, 0.25) is 0 Å². The first-order valence-electron chi connectivity index (χ1n) is 7.32. The van der Waals surface area contributed by atoms with E-state index in [-0.39, 0.29) is 17.8 Å². The van der Waals surface area contributed by atoms with Gasteiger partial charge in [-0.15, -0.1) is 0 Å². The molecule has 0 saturated heterocycles. The number of esters is 1. The van der Waals surface area contributed by atoms with Gasteiger partial charge in [-0.05, 0) is 12.2 Å². The van der Waals surface area contributed by atoms with Crippen LogP contribution in [-0.4, -0.2) is 31.1 Å². The molecule has 1 aliphatic rings. The fourth-order valence-corrected chi connectivity index (χ4v) is 2.64. The number of ether oxygens (including phenoxy) is 2. The van der Waals surface area contributed by atoms with Crippen LogP contribution in [0.1, 0.15) is 18.9 Å². The summed E-state index contributed by atoms with van der Waals surface area (Å²) in [5.74, 6) is -2.13. The Morgan fingerprint density at radius 1 is 1.21 bits per heavy atom. The van der Waals surface area contributed by atoms with Crippen LogP contribution in [0.4, 0.5) is 13.2 Å². The summed E-state index contributed by atoms with van der Waals surface area (Å²) in [5.41, 5.74) is -3.59. The molecule has 1 aromatic carbocycles. The van der Waals surface area contributed by atoms with Crippen molar-refractivity contribution in [3.63, 3.8) is 0 Å². The van der Waals surface area contributed by atoms with E-state index >= 15 is 0 Å². The highest BCUT2D eigenvalue weighted by Gasteiger charge is 2.64. The van der Waals surface area contributed by atoms with E-state index in [1.807, 2.05) is 0 Å². The van der Waals surface area contributed by atoms with Crippen LogP contribution in [0.25, 0.3) is 0 Å². The van der Waals surface area contributed by atoms with Gasteiger partial charge in [-0.3, -0.25) is 4.79 Å². The van der Waals surface area contributed by atoms with Crippen molar-refractivity contribution < 1.29 is 32.2 Å². The van der Waals surface area contributed by atoms with Gasteiger partial charge >= 0.3 is 12.1 Å². The van der Waals surface area contributed by atoms with Gasteiger partial charge in [0.1, 0.15) is 6.10 Å². The van der Waals surface area contributed by atoms with Gasteiger partial charge in [0.05, 0.1) is 0 Å². The lowest BCUT2D eigenvalue weighted by atomic mass is 9.90. The van der Waals surface area contributed by atoms with E-state index in [0.717, 1.165) is 19.2 Å². The second kappa shape index (κ2) is 6.76. The molecule has 0 radical (unpaired) electrons. The van der Waals surface area contributed by atoms with Crippen LogP contribution >= 0.6 is 0 Å². The quantitative estimate of drug-likeness (QED) is 0.789. The second-order valence-electron chi connectivity index (χ2n) is 5.63. The number of benzene rings is 1. The Balaban J connectivity index is 2.39. The normalized spacial score (nSPS) is 23.6. The van der Waals surface area contributed by atoms with Crippen molar-refractivity contribution in [2.24, 2.45) is 5.92 Å². The van der Waals surface area contributed by atoms with Gasteiger partial charge in [-0.25, -0.2) is 4.79 Å². The molecule has 0 amide bonds. The Morgan fingerprint density at radius 3 is 2.33 bits per heavy atom. The van der Waals surface area contributed by atoms with Crippen LogP contribution in [0.2, 0.25) is 0 Å². The number of hydrogen-bond donors (Lipinski definition) is 0. The predicted molar refractivity (Wildman–Crippen MR) is 79.0 cm³/mol. The van der Waals surface area contributed by atoms with Crippen molar-refractivity contribution in [1.29, 1.82) is 0 Å². The zero-order valence-electron chi connectivity index (χ0n) is 13.2. The van der Waals surface area contributed by atoms with E-state index in [4.69, 9.17) is 4.74 Å². The first-order valence-corrected chi connectivity index (χ1v) is 7.32. The van der Waals surface area contributed by atoms with Crippen molar-refractivity contribution in [3.8, 4) is 0 Å². The monoisotopic (exact) mass is 342 g/mol. The Labute approximate surface area is 137 Å². The first-order chi connectivity index (χ1) is 11.2. The van der Waals surface area contributed by atoms with Crippen molar-refractivity contribution in [1.82, 2.24) is 0 Å². The fraction of sp³-hybridized carbons (Fsp3) is 0.412. The number of halogens is 3. The standard InChI is InChI=1S/C17H17F3O4/c1-11-10-13(21)8-9-14(11)24-15(22)16(23-2,17(18,19)20)12-6-4-3-5-7-12/h3-9,11,14H,10H2,1-2H3/t11-,14+,16+/m1/s1. The lowest BCUT2D eigenvalue weighted by Crippen LogP contribution is -2.53. The molecule has 0 bridgehead atoms. The molecular formula is C17H17F3O4. The molecule has 0 N–H and O–H groups in total. The molecule has 0 heterocycles. The maximum Gasteiger partial charge on any atom is 0.432 e. The Morgan fingerprint density at radius 2 is 1.83 bits per heavy atom. The number of allylic oxidation sites excluding steroid dienone is 1. The minimum absolute atomic E-state index is 0.103. The van der Waals surface area contributed by atoms with Gasteiger partial charge in [0.25, 0.3) is 5.60 Å². The third-order valence-corrected chi connectivity index (χ3v) is 3.97. The number of alkyl halides is 3. The largest absolute Gasteiger partial charge is 0.455 e. The number of hydrogen-bond acceptors (Lipinski definition) is 4. The zero-order valence-corrected chi connectivity index (χ0v) is 13.2. The molecule has 0 fully saturated rings. The lowest BCUT2D eigenvalue weighted by molar-refractivity contribution is -0.278. The maximum absolute atomic E-state index is 13.7. The molecule has 0 saturated carbocycles. The van der Waals surface area contributed by atoms with Crippen LogP contribution in [0, 0.1) is 5.92 Å². The van der Waals surface area contributed by atoms with Crippen molar-refractivity contribution in [2.45, 2.75) is 31.2 Å². The Bertz CT molecular complexity index is 639. The molecule has 3 atom stereocenters. The molecule has 2 rings (SSSR count).